The number of benzene rings is 2. The number of pyridine rings is 1. The fourth-order valence-corrected chi connectivity index (χ4v) is 4.26. The van der Waals surface area contributed by atoms with Gasteiger partial charge in [-0.15, -0.1) is 0 Å². The summed E-state index contributed by atoms with van der Waals surface area (Å²) in [7, 11) is 3.11. The van der Waals surface area contributed by atoms with E-state index in [1.165, 1.54) is 0 Å². The number of carbonyl (C=O) groups excluding carboxylic acids is 2. The summed E-state index contributed by atoms with van der Waals surface area (Å²) in [5, 5.41) is 3.04. The lowest BCUT2D eigenvalue weighted by Gasteiger charge is -2.20. The van der Waals surface area contributed by atoms with E-state index in [1.807, 2.05) is 59.1 Å². The maximum absolute atomic E-state index is 13.3. The Labute approximate surface area is 196 Å². The van der Waals surface area contributed by atoms with Gasteiger partial charge in [-0.05, 0) is 24.3 Å². The van der Waals surface area contributed by atoms with Gasteiger partial charge < -0.3 is 19.7 Å². The molecule has 1 aliphatic heterocycles. The molecule has 0 saturated carbocycles. The summed E-state index contributed by atoms with van der Waals surface area (Å²) in [6.45, 7) is 0.255. The number of imidazole rings is 1. The predicted molar refractivity (Wildman–Crippen MR) is 129 cm³/mol. The van der Waals surface area contributed by atoms with E-state index in [4.69, 9.17) is 14.5 Å². The zero-order valence-electron chi connectivity index (χ0n) is 18.9. The number of ether oxygens (including phenoxy) is 2. The lowest BCUT2D eigenvalue weighted by Crippen LogP contribution is -2.28. The summed E-state index contributed by atoms with van der Waals surface area (Å²) in [4.78, 5) is 32.5. The third-order valence-corrected chi connectivity index (χ3v) is 5.99. The highest BCUT2D eigenvalue weighted by molar-refractivity contribution is 6.05. The number of methoxy groups -OCH3 is 2. The first-order valence-corrected chi connectivity index (χ1v) is 10.9. The Morgan fingerprint density at radius 1 is 1.03 bits per heavy atom. The van der Waals surface area contributed by atoms with E-state index < -0.39 is 5.92 Å². The number of hydrogen-bond donors (Lipinski definition) is 1. The highest BCUT2D eigenvalue weighted by Gasteiger charge is 2.37. The molecule has 5 rings (SSSR count). The second-order valence-corrected chi connectivity index (χ2v) is 8.04. The van der Waals surface area contributed by atoms with Crippen molar-refractivity contribution in [1.82, 2.24) is 9.38 Å². The molecule has 2 amide bonds. The Bertz CT molecular complexity index is 1370. The van der Waals surface area contributed by atoms with Crippen molar-refractivity contribution in [2.75, 3.05) is 31.0 Å². The molecule has 2 aromatic carbocycles. The molecule has 1 N–H and O–H groups in total. The number of fused-ring (bicyclic) bond motifs is 1. The topological polar surface area (TPSA) is 85.2 Å². The van der Waals surface area contributed by atoms with E-state index in [9.17, 15) is 9.59 Å². The zero-order chi connectivity index (χ0) is 23.7. The molecule has 0 radical (unpaired) electrons. The molecule has 1 saturated heterocycles. The number of nitrogens with zero attached hydrogens (tertiary/aromatic N) is 3. The molecule has 1 aliphatic rings. The normalized spacial score (nSPS) is 15.5. The second kappa shape index (κ2) is 8.90. The highest BCUT2D eigenvalue weighted by atomic mass is 16.5. The Balaban J connectivity index is 1.43. The second-order valence-electron chi connectivity index (χ2n) is 8.04. The van der Waals surface area contributed by atoms with Gasteiger partial charge in [-0.2, -0.15) is 0 Å². The Morgan fingerprint density at radius 3 is 2.59 bits per heavy atom. The first-order valence-electron chi connectivity index (χ1n) is 10.9. The summed E-state index contributed by atoms with van der Waals surface area (Å²) >= 11 is 0. The molecule has 172 valence electrons. The Morgan fingerprint density at radius 2 is 1.82 bits per heavy atom. The first-order chi connectivity index (χ1) is 16.6. The van der Waals surface area contributed by atoms with Crippen LogP contribution in [0.2, 0.25) is 0 Å². The van der Waals surface area contributed by atoms with Crippen molar-refractivity contribution in [2.24, 2.45) is 5.92 Å². The number of anilines is 2. The third-order valence-electron chi connectivity index (χ3n) is 5.99. The van der Waals surface area contributed by atoms with Gasteiger partial charge in [0.25, 0.3) is 0 Å². The first kappa shape index (κ1) is 21.5. The van der Waals surface area contributed by atoms with Crippen LogP contribution in [0.15, 0.2) is 72.9 Å². The van der Waals surface area contributed by atoms with E-state index in [0.717, 1.165) is 11.2 Å². The van der Waals surface area contributed by atoms with E-state index in [0.29, 0.717) is 28.7 Å². The number of aromatic nitrogens is 2. The molecule has 0 bridgehead atoms. The molecule has 3 heterocycles. The van der Waals surface area contributed by atoms with Crippen molar-refractivity contribution in [1.29, 1.82) is 0 Å². The lowest BCUT2D eigenvalue weighted by atomic mass is 10.1. The predicted octanol–water partition coefficient (Wildman–Crippen LogP) is 4.01. The monoisotopic (exact) mass is 456 g/mol. The van der Waals surface area contributed by atoms with Gasteiger partial charge >= 0.3 is 0 Å². The molecule has 8 heteroatoms. The molecule has 1 fully saturated rings. The molecule has 8 nitrogen and oxygen atoms in total. The van der Waals surface area contributed by atoms with Crippen molar-refractivity contribution in [2.45, 2.75) is 6.42 Å². The smallest absolute Gasteiger partial charge is 0.230 e. The minimum atomic E-state index is -0.516. The molecular formula is C26H24N4O4. The Hall–Kier alpha value is -4.33. The van der Waals surface area contributed by atoms with E-state index in [2.05, 4.69) is 5.32 Å². The van der Waals surface area contributed by atoms with Crippen LogP contribution in [0.5, 0.6) is 11.5 Å². The third kappa shape index (κ3) is 3.83. The van der Waals surface area contributed by atoms with E-state index >= 15 is 0 Å². The van der Waals surface area contributed by atoms with Gasteiger partial charge in [0.1, 0.15) is 28.7 Å². The van der Waals surface area contributed by atoms with E-state index in [1.54, 1.807) is 37.3 Å². The van der Waals surface area contributed by atoms with Crippen LogP contribution in [0.25, 0.3) is 16.9 Å². The zero-order valence-corrected chi connectivity index (χ0v) is 18.9. The van der Waals surface area contributed by atoms with Crippen LogP contribution in [0.3, 0.4) is 0 Å². The van der Waals surface area contributed by atoms with Gasteiger partial charge in [0.15, 0.2) is 0 Å². The van der Waals surface area contributed by atoms with Gasteiger partial charge in [0.2, 0.25) is 11.8 Å². The molecule has 0 aliphatic carbocycles. The molecule has 4 aromatic rings. The number of nitrogens with one attached hydrogen (secondary N) is 1. The van der Waals surface area contributed by atoms with Gasteiger partial charge in [-0.3, -0.25) is 14.0 Å². The van der Waals surface area contributed by atoms with Crippen LogP contribution < -0.4 is 19.7 Å². The minimum absolute atomic E-state index is 0.110. The van der Waals surface area contributed by atoms with Crippen molar-refractivity contribution in [3.8, 4) is 22.8 Å². The standard InChI is InChI=1S/C26H24N4O4/c1-33-19-11-12-20(21(15-19)34-2)30-16-18(14-23(30)31)26(32)28-25-24(17-8-4-3-5-9-17)27-22-10-6-7-13-29(22)25/h3-13,15,18H,14,16H2,1-2H3,(H,28,32). The van der Waals surface area contributed by atoms with Gasteiger partial charge in [-0.25, -0.2) is 4.98 Å². The minimum Gasteiger partial charge on any atom is -0.497 e. The number of carbonyl (C=O) groups is 2. The van der Waals surface area contributed by atoms with Crippen molar-refractivity contribution >= 4 is 29.0 Å². The van der Waals surface area contributed by atoms with Crippen LogP contribution >= 0.6 is 0 Å². The van der Waals surface area contributed by atoms with Crippen LogP contribution in [0.4, 0.5) is 11.5 Å². The number of hydrogen-bond acceptors (Lipinski definition) is 5. The maximum Gasteiger partial charge on any atom is 0.230 e. The van der Waals surface area contributed by atoms with Gasteiger partial charge in [-0.1, -0.05) is 36.4 Å². The van der Waals surface area contributed by atoms with Gasteiger partial charge in [0, 0.05) is 30.8 Å². The van der Waals surface area contributed by atoms with Crippen LogP contribution in [-0.2, 0) is 9.59 Å². The lowest BCUT2D eigenvalue weighted by molar-refractivity contribution is -0.122. The summed E-state index contributed by atoms with van der Waals surface area (Å²) in [5.41, 5.74) is 2.92. The largest absolute Gasteiger partial charge is 0.497 e. The highest BCUT2D eigenvalue weighted by Crippen LogP contribution is 2.36. The van der Waals surface area contributed by atoms with Crippen LogP contribution in [-0.4, -0.2) is 42.0 Å². The number of amides is 2. The van der Waals surface area contributed by atoms with Crippen LogP contribution in [0, 0.1) is 5.92 Å². The SMILES string of the molecule is COc1ccc(N2CC(C(=O)Nc3c(-c4ccccc4)nc4ccccn34)CC2=O)c(OC)c1. The number of rotatable bonds is 6. The van der Waals surface area contributed by atoms with Crippen molar-refractivity contribution in [3.63, 3.8) is 0 Å². The fraction of sp³-hybridized carbons (Fsp3) is 0.192. The van der Waals surface area contributed by atoms with Crippen molar-refractivity contribution < 1.29 is 19.1 Å². The average molecular weight is 457 g/mol. The molecule has 34 heavy (non-hydrogen) atoms. The molecular weight excluding hydrogens is 432 g/mol. The summed E-state index contributed by atoms with van der Waals surface area (Å²) < 4.78 is 12.6. The summed E-state index contributed by atoms with van der Waals surface area (Å²) in [6, 6.07) is 20.6. The average Bonchev–Trinajstić information content (AvgIpc) is 3.45. The summed E-state index contributed by atoms with van der Waals surface area (Å²) in [6.07, 6.45) is 1.97. The quantitative estimate of drug-likeness (QED) is 0.474. The molecule has 2 aromatic heterocycles. The summed E-state index contributed by atoms with van der Waals surface area (Å²) in [5.74, 6) is 0.845. The maximum atomic E-state index is 13.3. The van der Waals surface area contributed by atoms with Crippen molar-refractivity contribution in [3.05, 3.63) is 72.9 Å². The van der Waals surface area contributed by atoms with Gasteiger partial charge in [0.05, 0.1) is 25.8 Å². The Kier molecular flexibility index (Phi) is 5.63. The molecule has 1 unspecified atom stereocenters. The fourth-order valence-electron chi connectivity index (χ4n) is 4.26. The molecule has 0 spiro atoms. The molecule has 1 atom stereocenters. The van der Waals surface area contributed by atoms with E-state index in [-0.39, 0.29) is 24.8 Å². The van der Waals surface area contributed by atoms with Crippen LogP contribution in [0.1, 0.15) is 6.42 Å².